The number of fused-ring (bicyclic) bond motifs is 5. The van der Waals surface area contributed by atoms with Crippen molar-refractivity contribution in [3.8, 4) is 0 Å². The summed E-state index contributed by atoms with van der Waals surface area (Å²) in [5, 5.41) is 20.5. The fraction of sp³-hybridized carbons (Fsp3) is 0.679. The highest BCUT2D eigenvalue weighted by Gasteiger charge is 2.65. The maximum atomic E-state index is 12.4. The van der Waals surface area contributed by atoms with E-state index in [1.165, 1.54) is 5.57 Å². The zero-order chi connectivity index (χ0) is 24.8. The number of rotatable bonds is 6. The van der Waals surface area contributed by atoms with E-state index >= 15 is 0 Å². The Hall–Kier alpha value is -1.99. The van der Waals surface area contributed by atoms with Crippen LogP contribution in [0.4, 0.5) is 0 Å². The summed E-state index contributed by atoms with van der Waals surface area (Å²) in [5.41, 5.74) is 1.07. The summed E-state index contributed by atoms with van der Waals surface area (Å²) < 4.78 is 0. The van der Waals surface area contributed by atoms with Gasteiger partial charge in [0, 0.05) is 10.3 Å². The number of carbonyl (C=O) groups excluding carboxylic acids is 2. The number of aliphatic hydroxyl groups is 1. The average molecular weight is 499 g/mol. The van der Waals surface area contributed by atoms with E-state index in [1.54, 1.807) is 18.3 Å². The van der Waals surface area contributed by atoms with Gasteiger partial charge in [-0.15, -0.1) is 11.3 Å². The van der Waals surface area contributed by atoms with Gasteiger partial charge < -0.3 is 15.3 Å². The smallest absolute Gasteiger partial charge is 0.261 e. The molecule has 1 heterocycles. The molecule has 35 heavy (non-hydrogen) atoms. The maximum absolute atomic E-state index is 12.4. The van der Waals surface area contributed by atoms with Crippen LogP contribution in [0, 0.1) is 28.6 Å². The number of thiophene rings is 1. The molecular formula is C28H38N2O4S. The van der Waals surface area contributed by atoms with Crippen LogP contribution < -0.4 is 5.32 Å². The number of oxime groups is 1. The molecule has 0 radical (unpaired) electrons. The summed E-state index contributed by atoms with van der Waals surface area (Å²) in [5.74, 6) is 1.34. The molecule has 0 spiro atoms. The SMILES string of the molecule is CC(=O)[C@@]1(O)CC[C@H]2[C@@H]3CCC4=CC(=NOCC(=O)NCc5cccs5)CC[C@]4(C)[C@H]3CC[C@@]21C. The second kappa shape index (κ2) is 9.15. The largest absolute Gasteiger partial charge is 0.385 e. The minimum atomic E-state index is -1.15. The van der Waals surface area contributed by atoms with E-state index in [0.29, 0.717) is 30.7 Å². The third kappa shape index (κ3) is 4.08. The van der Waals surface area contributed by atoms with E-state index in [1.807, 2.05) is 17.5 Å². The molecule has 2 N–H and O–H groups in total. The topological polar surface area (TPSA) is 88.0 Å². The Morgan fingerprint density at radius 3 is 2.71 bits per heavy atom. The van der Waals surface area contributed by atoms with Gasteiger partial charge in [0.25, 0.3) is 5.91 Å². The van der Waals surface area contributed by atoms with Gasteiger partial charge in [-0.05, 0) is 99.0 Å². The quantitative estimate of drug-likeness (QED) is 0.539. The summed E-state index contributed by atoms with van der Waals surface area (Å²) in [6.07, 6.45) is 9.79. The van der Waals surface area contributed by atoms with Gasteiger partial charge in [-0.1, -0.05) is 30.6 Å². The minimum absolute atomic E-state index is 0.0534. The third-order valence-corrected chi connectivity index (χ3v) is 11.0. The molecule has 1 amide bonds. The lowest BCUT2D eigenvalue weighted by atomic mass is 9.46. The van der Waals surface area contributed by atoms with Gasteiger partial charge in [0.15, 0.2) is 12.4 Å². The summed E-state index contributed by atoms with van der Waals surface area (Å²) >= 11 is 1.62. The lowest BCUT2D eigenvalue weighted by Crippen LogP contribution is -2.57. The zero-order valence-electron chi connectivity index (χ0n) is 21.1. The lowest BCUT2D eigenvalue weighted by Gasteiger charge is -2.59. The Kier molecular flexibility index (Phi) is 6.45. The van der Waals surface area contributed by atoms with E-state index < -0.39 is 5.60 Å². The van der Waals surface area contributed by atoms with Crippen LogP contribution in [-0.2, 0) is 21.0 Å². The molecule has 1 aromatic rings. The first-order valence-electron chi connectivity index (χ1n) is 13.1. The van der Waals surface area contributed by atoms with Crippen LogP contribution in [0.5, 0.6) is 0 Å². The van der Waals surface area contributed by atoms with Crippen molar-refractivity contribution in [2.45, 2.75) is 84.3 Å². The molecule has 0 aliphatic heterocycles. The number of hydrogen-bond donors (Lipinski definition) is 2. The molecule has 1 aromatic heterocycles. The van der Waals surface area contributed by atoms with E-state index in [4.69, 9.17) is 4.84 Å². The number of ketones is 1. The van der Waals surface area contributed by atoms with Crippen molar-refractivity contribution in [3.05, 3.63) is 34.0 Å². The first kappa shape index (κ1) is 24.7. The Morgan fingerprint density at radius 1 is 1.17 bits per heavy atom. The van der Waals surface area contributed by atoms with Crippen molar-refractivity contribution in [2.75, 3.05) is 6.61 Å². The molecule has 0 aromatic carbocycles. The van der Waals surface area contributed by atoms with Gasteiger partial charge in [0.1, 0.15) is 5.60 Å². The Labute approximate surface area is 212 Å². The molecule has 3 saturated carbocycles. The van der Waals surface area contributed by atoms with Crippen LogP contribution in [0.15, 0.2) is 34.3 Å². The van der Waals surface area contributed by atoms with Crippen molar-refractivity contribution in [3.63, 3.8) is 0 Å². The van der Waals surface area contributed by atoms with Crippen LogP contribution in [-0.4, -0.2) is 34.7 Å². The van der Waals surface area contributed by atoms with Gasteiger partial charge >= 0.3 is 0 Å². The van der Waals surface area contributed by atoms with E-state index in [2.05, 4.69) is 30.4 Å². The van der Waals surface area contributed by atoms with Crippen molar-refractivity contribution in [1.29, 1.82) is 0 Å². The fourth-order valence-electron chi connectivity index (χ4n) is 8.06. The average Bonchev–Trinajstić information content (AvgIpc) is 3.44. The number of Topliss-reactive ketones (excluding diaryl/α,β-unsaturated/α-hetero) is 1. The first-order chi connectivity index (χ1) is 16.7. The van der Waals surface area contributed by atoms with Crippen LogP contribution in [0.1, 0.15) is 77.0 Å². The number of hydrogen-bond acceptors (Lipinski definition) is 6. The number of carbonyl (C=O) groups is 2. The summed E-state index contributed by atoms with van der Waals surface area (Å²) in [6.45, 7) is 6.61. The zero-order valence-corrected chi connectivity index (χ0v) is 22.0. The predicted octanol–water partition coefficient (Wildman–Crippen LogP) is 5.02. The second-order valence-corrected chi connectivity index (χ2v) is 12.7. The Balaban J connectivity index is 1.23. The summed E-state index contributed by atoms with van der Waals surface area (Å²) in [4.78, 5) is 31.0. The molecule has 0 saturated heterocycles. The summed E-state index contributed by atoms with van der Waals surface area (Å²) in [6, 6.07) is 3.97. The normalized spacial score (nSPS) is 39.3. The molecule has 6 atom stereocenters. The molecule has 0 bridgehead atoms. The van der Waals surface area contributed by atoms with E-state index in [9.17, 15) is 14.7 Å². The second-order valence-electron chi connectivity index (χ2n) is 11.6. The summed E-state index contributed by atoms with van der Waals surface area (Å²) in [7, 11) is 0. The minimum Gasteiger partial charge on any atom is -0.385 e. The van der Waals surface area contributed by atoms with Crippen LogP contribution >= 0.6 is 11.3 Å². The van der Waals surface area contributed by atoms with Gasteiger partial charge in [0.2, 0.25) is 0 Å². The lowest BCUT2D eigenvalue weighted by molar-refractivity contribution is -0.159. The van der Waals surface area contributed by atoms with Crippen LogP contribution in [0.2, 0.25) is 0 Å². The predicted molar refractivity (Wildman–Crippen MR) is 137 cm³/mol. The molecule has 7 heteroatoms. The third-order valence-electron chi connectivity index (χ3n) is 10.1. The first-order valence-corrected chi connectivity index (χ1v) is 14.0. The molecule has 5 rings (SSSR count). The molecule has 4 aliphatic carbocycles. The van der Waals surface area contributed by atoms with Crippen molar-refractivity contribution in [1.82, 2.24) is 5.32 Å². The Bertz CT molecular complexity index is 1050. The molecule has 6 nitrogen and oxygen atoms in total. The van der Waals surface area contributed by atoms with Gasteiger partial charge in [0.05, 0.1) is 12.3 Å². The highest BCUT2D eigenvalue weighted by Crippen LogP contribution is 2.67. The Morgan fingerprint density at radius 2 is 1.97 bits per heavy atom. The number of amides is 1. The standard InChI is InChI=1S/C28H38N2O4S/c1-18(31)28(33)13-10-24-22-7-6-19-15-20(8-11-26(19,2)23(22)9-12-27(24,28)3)30-34-17-25(32)29-16-21-5-4-14-35-21/h4-5,14-15,22-24,33H,6-13,16-17H2,1-3H3,(H,29,32)/t22-,23+,24+,26+,27+,28+/m1/s1. The number of nitrogens with one attached hydrogen (secondary N) is 1. The van der Waals surface area contributed by atoms with Gasteiger partial charge in [-0.2, -0.15) is 0 Å². The van der Waals surface area contributed by atoms with Crippen molar-refractivity contribution in [2.24, 2.45) is 33.7 Å². The maximum Gasteiger partial charge on any atom is 0.261 e. The van der Waals surface area contributed by atoms with Gasteiger partial charge in [-0.25, -0.2) is 0 Å². The van der Waals surface area contributed by atoms with Gasteiger partial charge in [-0.3, -0.25) is 9.59 Å². The van der Waals surface area contributed by atoms with E-state index in [-0.39, 0.29) is 29.1 Å². The fourth-order valence-corrected chi connectivity index (χ4v) is 8.71. The highest BCUT2D eigenvalue weighted by atomic mass is 32.1. The molecule has 0 unspecified atom stereocenters. The highest BCUT2D eigenvalue weighted by molar-refractivity contribution is 7.09. The monoisotopic (exact) mass is 498 g/mol. The molecule has 4 aliphatic rings. The van der Waals surface area contributed by atoms with E-state index in [0.717, 1.165) is 55.5 Å². The molecule has 3 fully saturated rings. The number of nitrogens with zero attached hydrogens (tertiary/aromatic N) is 1. The number of allylic oxidation sites excluding steroid dienone is 2. The molecular weight excluding hydrogens is 460 g/mol. The van der Waals surface area contributed by atoms with Crippen molar-refractivity contribution >= 4 is 28.7 Å². The van der Waals surface area contributed by atoms with Crippen LogP contribution in [0.25, 0.3) is 0 Å². The van der Waals surface area contributed by atoms with Crippen LogP contribution in [0.3, 0.4) is 0 Å². The van der Waals surface area contributed by atoms with Crippen molar-refractivity contribution < 1.29 is 19.5 Å². The molecule has 190 valence electrons.